The molecule has 1 amide bonds. The molecule has 150 valence electrons. The molecule has 0 saturated carbocycles. The van der Waals surface area contributed by atoms with Gasteiger partial charge in [-0.3, -0.25) is 14.9 Å². The van der Waals surface area contributed by atoms with E-state index in [-0.39, 0.29) is 6.54 Å². The number of halogens is 1. The molecule has 2 aromatic rings. The minimum atomic E-state index is -3.88. The number of hydrazine groups is 1. The largest absolute Gasteiger partial charge is 0.497 e. The highest BCUT2D eigenvalue weighted by Gasteiger charge is 2.41. The zero-order valence-electron chi connectivity index (χ0n) is 15.3. The van der Waals surface area contributed by atoms with Crippen molar-refractivity contribution in [3.05, 3.63) is 53.1 Å². The number of nitrogens with one attached hydrogen (secondary N) is 4. The summed E-state index contributed by atoms with van der Waals surface area (Å²) in [6.45, 7) is 2.00. The number of amides is 1. The molecule has 0 aromatic heterocycles. The van der Waals surface area contributed by atoms with E-state index in [1.165, 1.54) is 7.11 Å². The number of hydrogen-bond donors (Lipinski definition) is 4. The van der Waals surface area contributed by atoms with Crippen LogP contribution in [0.3, 0.4) is 0 Å². The Morgan fingerprint density at radius 1 is 1.18 bits per heavy atom. The summed E-state index contributed by atoms with van der Waals surface area (Å²) in [5, 5.41) is 2.20. The van der Waals surface area contributed by atoms with Crippen LogP contribution >= 0.6 is 11.6 Å². The Bertz CT molecular complexity index is 966. The zero-order chi connectivity index (χ0) is 20.3. The van der Waals surface area contributed by atoms with Crippen molar-refractivity contribution in [1.29, 1.82) is 0 Å². The van der Waals surface area contributed by atoms with Gasteiger partial charge in [0.15, 0.2) is 5.37 Å². The first kappa shape index (κ1) is 20.4. The third-order valence-corrected chi connectivity index (χ3v) is 6.44. The minimum Gasteiger partial charge on any atom is -0.497 e. The highest BCUT2D eigenvalue weighted by atomic mass is 35.5. The number of methoxy groups -OCH3 is 1. The molecular weight excluding hydrogens is 404 g/mol. The fourth-order valence-electron chi connectivity index (χ4n) is 2.85. The maximum absolute atomic E-state index is 12.8. The Morgan fingerprint density at radius 3 is 2.50 bits per heavy atom. The van der Waals surface area contributed by atoms with E-state index in [1.54, 1.807) is 42.5 Å². The topological polar surface area (TPSA) is 109 Å². The van der Waals surface area contributed by atoms with E-state index in [9.17, 15) is 13.2 Å². The molecule has 0 aliphatic carbocycles. The molecule has 10 heteroatoms. The van der Waals surface area contributed by atoms with Gasteiger partial charge in [0.2, 0.25) is 5.91 Å². The Labute approximate surface area is 168 Å². The number of aryl methyl sites for hydroxylation is 1. The molecule has 1 saturated heterocycles. The van der Waals surface area contributed by atoms with E-state index in [0.717, 1.165) is 5.56 Å². The number of ether oxygens (including phenoxy) is 1. The maximum Gasteiger partial charge on any atom is 0.250 e. The molecule has 2 atom stereocenters. The number of benzene rings is 2. The normalized spacial score (nSPS) is 19.2. The van der Waals surface area contributed by atoms with Crippen molar-refractivity contribution >= 4 is 38.9 Å². The summed E-state index contributed by atoms with van der Waals surface area (Å²) in [5.74, 6) is -0.629. The summed E-state index contributed by atoms with van der Waals surface area (Å²) < 4.78 is 33.1. The smallest absolute Gasteiger partial charge is 0.250 e. The first-order chi connectivity index (χ1) is 13.3. The van der Waals surface area contributed by atoms with E-state index < -0.39 is 27.2 Å². The van der Waals surface area contributed by atoms with Gasteiger partial charge in [-0.2, -0.15) is 0 Å². The summed E-state index contributed by atoms with van der Waals surface area (Å²) in [5.41, 5.74) is 7.16. The van der Waals surface area contributed by atoms with Crippen LogP contribution in [-0.4, -0.2) is 33.4 Å². The first-order valence-electron chi connectivity index (χ1n) is 8.51. The van der Waals surface area contributed by atoms with E-state index in [4.69, 9.17) is 16.3 Å². The maximum atomic E-state index is 12.8. The Balaban J connectivity index is 1.72. The van der Waals surface area contributed by atoms with Crippen LogP contribution in [0.25, 0.3) is 0 Å². The van der Waals surface area contributed by atoms with Gasteiger partial charge in [0, 0.05) is 22.9 Å². The van der Waals surface area contributed by atoms with E-state index in [0.29, 0.717) is 22.1 Å². The molecule has 2 unspecified atom stereocenters. The molecule has 0 spiro atoms. The van der Waals surface area contributed by atoms with Crippen LogP contribution in [0.15, 0.2) is 42.5 Å². The van der Waals surface area contributed by atoms with Crippen LogP contribution in [0.2, 0.25) is 5.02 Å². The molecule has 4 N–H and O–H groups in total. The van der Waals surface area contributed by atoms with E-state index in [2.05, 4.69) is 20.9 Å². The number of sulfonamides is 1. The van der Waals surface area contributed by atoms with E-state index >= 15 is 0 Å². The highest BCUT2D eigenvalue weighted by molar-refractivity contribution is 7.93. The van der Waals surface area contributed by atoms with Gasteiger partial charge in [-0.05, 0) is 55.0 Å². The lowest BCUT2D eigenvalue weighted by Crippen LogP contribution is -2.45. The van der Waals surface area contributed by atoms with Gasteiger partial charge in [0.05, 0.1) is 13.0 Å². The van der Waals surface area contributed by atoms with Crippen molar-refractivity contribution in [2.75, 3.05) is 23.7 Å². The molecule has 1 aliphatic rings. The van der Waals surface area contributed by atoms with E-state index in [1.807, 2.05) is 6.92 Å². The molecule has 8 nitrogen and oxygen atoms in total. The van der Waals surface area contributed by atoms with Crippen LogP contribution in [0.1, 0.15) is 5.56 Å². The van der Waals surface area contributed by atoms with Crippen LogP contribution in [0.4, 0.5) is 11.4 Å². The van der Waals surface area contributed by atoms with Gasteiger partial charge in [-0.25, -0.2) is 13.8 Å². The van der Waals surface area contributed by atoms with Crippen LogP contribution in [0, 0.1) is 12.8 Å². The molecule has 1 heterocycles. The number of carbonyl (C=O) groups excluding carboxylic acids is 1. The lowest BCUT2D eigenvalue weighted by Gasteiger charge is -2.20. The SMILES string of the molecule is COc1ccc(NS(=O)(=O)C2NNCC2C(=O)Nc2ccc(Cl)c(C)c2)cc1. The average molecular weight is 425 g/mol. The molecular formula is C18H21ClN4O4S. The molecule has 0 bridgehead atoms. The van der Waals surface area contributed by atoms with Crippen LogP contribution in [0.5, 0.6) is 5.75 Å². The van der Waals surface area contributed by atoms with Gasteiger partial charge in [-0.15, -0.1) is 0 Å². The Morgan fingerprint density at radius 2 is 1.86 bits per heavy atom. The number of hydrogen-bond acceptors (Lipinski definition) is 6. The minimum absolute atomic E-state index is 0.173. The molecule has 3 rings (SSSR count). The predicted molar refractivity (Wildman–Crippen MR) is 109 cm³/mol. The summed E-state index contributed by atoms with van der Waals surface area (Å²) in [6.07, 6.45) is 0. The number of anilines is 2. The molecule has 0 radical (unpaired) electrons. The van der Waals surface area contributed by atoms with Crippen molar-refractivity contribution in [2.45, 2.75) is 12.3 Å². The monoisotopic (exact) mass is 424 g/mol. The second kappa shape index (κ2) is 8.36. The second-order valence-corrected chi connectivity index (χ2v) is 8.59. The van der Waals surface area contributed by atoms with Crippen molar-refractivity contribution in [3.63, 3.8) is 0 Å². The zero-order valence-corrected chi connectivity index (χ0v) is 16.9. The van der Waals surface area contributed by atoms with Crippen molar-refractivity contribution in [2.24, 2.45) is 5.92 Å². The van der Waals surface area contributed by atoms with Crippen LogP contribution < -0.4 is 25.6 Å². The summed E-state index contributed by atoms with van der Waals surface area (Å²) in [7, 11) is -2.35. The predicted octanol–water partition coefficient (Wildman–Crippen LogP) is 2.09. The average Bonchev–Trinajstić information content (AvgIpc) is 3.16. The van der Waals surface area contributed by atoms with Crippen molar-refractivity contribution in [1.82, 2.24) is 10.9 Å². The fourth-order valence-corrected chi connectivity index (χ4v) is 4.45. The Kier molecular flexibility index (Phi) is 6.09. The fraction of sp³-hybridized carbons (Fsp3) is 0.278. The quantitative estimate of drug-likeness (QED) is 0.565. The third kappa shape index (κ3) is 4.56. The Hall–Kier alpha value is -2.33. The lowest BCUT2D eigenvalue weighted by atomic mass is 10.1. The summed E-state index contributed by atoms with van der Waals surface area (Å²) in [6, 6.07) is 11.5. The van der Waals surface area contributed by atoms with Gasteiger partial charge in [-0.1, -0.05) is 11.6 Å². The van der Waals surface area contributed by atoms with Gasteiger partial charge in [0.1, 0.15) is 5.75 Å². The second-order valence-electron chi connectivity index (χ2n) is 6.38. The summed E-state index contributed by atoms with van der Waals surface area (Å²) in [4.78, 5) is 12.7. The molecule has 1 fully saturated rings. The molecule has 1 aliphatic heterocycles. The van der Waals surface area contributed by atoms with Gasteiger partial charge >= 0.3 is 0 Å². The number of carbonyl (C=O) groups is 1. The summed E-state index contributed by atoms with van der Waals surface area (Å²) >= 11 is 6.00. The highest BCUT2D eigenvalue weighted by Crippen LogP contribution is 2.23. The first-order valence-corrected chi connectivity index (χ1v) is 10.4. The van der Waals surface area contributed by atoms with Crippen molar-refractivity contribution in [3.8, 4) is 5.75 Å². The van der Waals surface area contributed by atoms with Crippen molar-refractivity contribution < 1.29 is 17.9 Å². The molecule has 2 aromatic carbocycles. The lowest BCUT2D eigenvalue weighted by molar-refractivity contribution is -0.119. The molecule has 28 heavy (non-hydrogen) atoms. The number of rotatable bonds is 6. The standard InChI is InChI=1S/C18H21ClN4O4S/c1-11-9-13(5-8-16(11)19)21-17(24)15-10-20-22-18(15)28(25,26)23-12-3-6-14(27-2)7-4-12/h3-9,15,18,20,22-23H,10H2,1-2H3,(H,21,24). The third-order valence-electron chi connectivity index (χ3n) is 4.38. The van der Waals surface area contributed by atoms with Gasteiger partial charge < -0.3 is 10.1 Å². The van der Waals surface area contributed by atoms with Crippen LogP contribution in [-0.2, 0) is 14.8 Å². The van der Waals surface area contributed by atoms with Gasteiger partial charge in [0.25, 0.3) is 10.0 Å².